The second kappa shape index (κ2) is 6.64. The Kier molecular flexibility index (Phi) is 4.88. The molecule has 106 valence electrons. The van der Waals surface area contributed by atoms with Crippen molar-refractivity contribution in [1.29, 1.82) is 0 Å². The van der Waals surface area contributed by atoms with E-state index in [0.29, 0.717) is 11.6 Å². The summed E-state index contributed by atoms with van der Waals surface area (Å²) >= 11 is 6.17. The van der Waals surface area contributed by atoms with E-state index in [1.165, 1.54) is 5.69 Å². The Bertz CT molecular complexity index is 552. The lowest BCUT2D eigenvalue weighted by Gasteiger charge is -2.20. The highest BCUT2D eigenvalue weighted by molar-refractivity contribution is 6.33. The van der Waals surface area contributed by atoms with Crippen LogP contribution in [-0.4, -0.2) is 20.6 Å². The minimum absolute atomic E-state index is 0.0473. The summed E-state index contributed by atoms with van der Waals surface area (Å²) in [6.45, 7) is 0.506. The number of nitrogens with one attached hydrogen (secondary N) is 1. The van der Waals surface area contributed by atoms with Gasteiger partial charge in [-0.3, -0.25) is 0 Å². The molecule has 20 heavy (non-hydrogen) atoms. The third-order valence-electron chi connectivity index (χ3n) is 3.25. The zero-order valence-electron chi connectivity index (χ0n) is 11.8. The van der Waals surface area contributed by atoms with E-state index < -0.39 is 0 Å². The van der Waals surface area contributed by atoms with Gasteiger partial charge in [-0.25, -0.2) is 0 Å². The van der Waals surface area contributed by atoms with Gasteiger partial charge in [0.1, 0.15) is 0 Å². The predicted octanol–water partition coefficient (Wildman–Crippen LogP) is 3.52. The van der Waals surface area contributed by atoms with Gasteiger partial charge in [-0.15, -0.1) is 0 Å². The summed E-state index contributed by atoms with van der Waals surface area (Å²) in [5.41, 5.74) is 9.11. The van der Waals surface area contributed by atoms with E-state index in [9.17, 15) is 0 Å². The Morgan fingerprint density at radius 1 is 1.10 bits per heavy atom. The van der Waals surface area contributed by atoms with Crippen LogP contribution in [0.2, 0.25) is 5.02 Å². The lowest BCUT2D eigenvalue weighted by atomic mass is 10.1. The number of anilines is 2. The molecule has 0 fully saturated rings. The molecular formula is C16H20ClN3. The molecule has 0 aliphatic heterocycles. The van der Waals surface area contributed by atoms with Crippen molar-refractivity contribution in [3.63, 3.8) is 0 Å². The summed E-state index contributed by atoms with van der Waals surface area (Å²) in [5.74, 6) is 0. The van der Waals surface area contributed by atoms with Crippen LogP contribution in [0.1, 0.15) is 11.6 Å². The van der Waals surface area contributed by atoms with Gasteiger partial charge in [0.2, 0.25) is 0 Å². The maximum atomic E-state index is 6.17. The molecule has 2 rings (SSSR count). The lowest BCUT2D eigenvalue weighted by Crippen LogP contribution is -2.21. The van der Waals surface area contributed by atoms with E-state index in [1.807, 2.05) is 38.4 Å². The molecule has 1 unspecified atom stereocenters. The van der Waals surface area contributed by atoms with Crippen LogP contribution in [0.4, 0.5) is 11.4 Å². The van der Waals surface area contributed by atoms with Gasteiger partial charge in [0.05, 0.1) is 16.8 Å². The van der Waals surface area contributed by atoms with Gasteiger partial charge in [-0.1, -0.05) is 35.9 Å². The summed E-state index contributed by atoms with van der Waals surface area (Å²) in [4.78, 5) is 2.07. The number of nitrogens with two attached hydrogens (primary N) is 1. The summed E-state index contributed by atoms with van der Waals surface area (Å²) in [7, 11) is 4.05. The standard InChI is InChI=1S/C16H20ClN3/c1-20(2)13-9-7-12(8-10-13)16(11-18)19-15-6-4-3-5-14(15)17/h3-10,16,19H,11,18H2,1-2H3. The number of hydrogen-bond acceptors (Lipinski definition) is 3. The quantitative estimate of drug-likeness (QED) is 0.885. The second-order valence-electron chi connectivity index (χ2n) is 4.90. The van der Waals surface area contributed by atoms with Crippen LogP contribution < -0.4 is 16.0 Å². The van der Waals surface area contributed by atoms with Crippen LogP contribution in [0.15, 0.2) is 48.5 Å². The zero-order chi connectivity index (χ0) is 14.5. The molecule has 3 N–H and O–H groups in total. The molecule has 2 aromatic carbocycles. The molecule has 1 atom stereocenters. The van der Waals surface area contributed by atoms with Crippen LogP contribution in [0.3, 0.4) is 0 Å². The SMILES string of the molecule is CN(C)c1ccc(C(CN)Nc2ccccc2Cl)cc1. The molecule has 0 radical (unpaired) electrons. The fourth-order valence-electron chi connectivity index (χ4n) is 2.05. The highest BCUT2D eigenvalue weighted by atomic mass is 35.5. The molecule has 2 aromatic rings. The van der Waals surface area contributed by atoms with Crippen molar-refractivity contribution in [2.45, 2.75) is 6.04 Å². The van der Waals surface area contributed by atoms with Gasteiger partial charge in [0.25, 0.3) is 0 Å². The van der Waals surface area contributed by atoms with Gasteiger partial charge in [0.15, 0.2) is 0 Å². The number of hydrogen-bond donors (Lipinski definition) is 2. The molecule has 3 nitrogen and oxygen atoms in total. The number of benzene rings is 2. The Labute approximate surface area is 125 Å². The first kappa shape index (κ1) is 14.7. The smallest absolute Gasteiger partial charge is 0.0637 e. The molecule has 0 heterocycles. The van der Waals surface area contributed by atoms with Crippen LogP contribution in [0, 0.1) is 0 Å². The van der Waals surface area contributed by atoms with E-state index in [4.69, 9.17) is 17.3 Å². The molecular weight excluding hydrogens is 270 g/mol. The predicted molar refractivity (Wildman–Crippen MR) is 87.6 cm³/mol. The first-order valence-corrected chi connectivity index (χ1v) is 6.98. The van der Waals surface area contributed by atoms with Crippen LogP contribution >= 0.6 is 11.6 Å². The maximum absolute atomic E-state index is 6.17. The first-order valence-electron chi connectivity index (χ1n) is 6.60. The third-order valence-corrected chi connectivity index (χ3v) is 3.58. The monoisotopic (exact) mass is 289 g/mol. The van der Waals surface area contributed by atoms with Crippen molar-refractivity contribution in [3.05, 3.63) is 59.1 Å². The molecule has 0 aliphatic rings. The van der Waals surface area contributed by atoms with Crippen LogP contribution in [0.25, 0.3) is 0 Å². The lowest BCUT2D eigenvalue weighted by molar-refractivity contribution is 0.790. The van der Waals surface area contributed by atoms with E-state index in [0.717, 1.165) is 11.3 Å². The minimum atomic E-state index is 0.0473. The molecule has 0 saturated heterocycles. The van der Waals surface area contributed by atoms with Gasteiger partial charge < -0.3 is 16.0 Å². The minimum Gasteiger partial charge on any atom is -0.378 e. The topological polar surface area (TPSA) is 41.3 Å². The Balaban J connectivity index is 2.18. The zero-order valence-corrected chi connectivity index (χ0v) is 12.6. The molecule has 0 bridgehead atoms. The highest BCUT2D eigenvalue weighted by Crippen LogP contribution is 2.26. The number of nitrogens with zero attached hydrogens (tertiary/aromatic N) is 1. The van der Waals surface area contributed by atoms with Crippen molar-refractivity contribution < 1.29 is 0 Å². The van der Waals surface area contributed by atoms with Gasteiger partial charge >= 0.3 is 0 Å². The van der Waals surface area contributed by atoms with Crippen molar-refractivity contribution in [1.82, 2.24) is 0 Å². The number of para-hydroxylation sites is 1. The fourth-order valence-corrected chi connectivity index (χ4v) is 2.24. The fraction of sp³-hybridized carbons (Fsp3) is 0.250. The van der Waals surface area contributed by atoms with E-state index in [2.05, 4.69) is 34.5 Å². The molecule has 0 aliphatic carbocycles. The summed E-state index contributed by atoms with van der Waals surface area (Å²) < 4.78 is 0. The van der Waals surface area contributed by atoms with Crippen molar-refractivity contribution in [2.24, 2.45) is 5.73 Å². The Hall–Kier alpha value is -1.71. The highest BCUT2D eigenvalue weighted by Gasteiger charge is 2.11. The van der Waals surface area contributed by atoms with Crippen molar-refractivity contribution >= 4 is 23.0 Å². The average Bonchev–Trinajstić information content (AvgIpc) is 2.46. The number of rotatable bonds is 5. The Morgan fingerprint density at radius 3 is 2.30 bits per heavy atom. The van der Waals surface area contributed by atoms with Crippen molar-refractivity contribution in [3.8, 4) is 0 Å². The van der Waals surface area contributed by atoms with E-state index in [-0.39, 0.29) is 6.04 Å². The summed E-state index contributed by atoms with van der Waals surface area (Å²) in [6, 6.07) is 16.1. The maximum Gasteiger partial charge on any atom is 0.0637 e. The second-order valence-corrected chi connectivity index (χ2v) is 5.31. The summed E-state index contributed by atoms with van der Waals surface area (Å²) in [6.07, 6.45) is 0. The molecule has 0 spiro atoms. The van der Waals surface area contributed by atoms with Gasteiger partial charge in [-0.05, 0) is 29.8 Å². The van der Waals surface area contributed by atoms with E-state index >= 15 is 0 Å². The largest absolute Gasteiger partial charge is 0.378 e. The molecule has 4 heteroatoms. The third kappa shape index (κ3) is 3.44. The molecule has 0 amide bonds. The van der Waals surface area contributed by atoms with E-state index in [1.54, 1.807) is 0 Å². The van der Waals surface area contributed by atoms with Gasteiger partial charge in [-0.2, -0.15) is 0 Å². The molecule has 0 aromatic heterocycles. The van der Waals surface area contributed by atoms with Crippen molar-refractivity contribution in [2.75, 3.05) is 30.9 Å². The summed E-state index contributed by atoms with van der Waals surface area (Å²) in [5, 5.41) is 4.10. The normalized spacial score (nSPS) is 12.0. The molecule has 0 saturated carbocycles. The van der Waals surface area contributed by atoms with Crippen LogP contribution in [0.5, 0.6) is 0 Å². The first-order chi connectivity index (χ1) is 9.61. The van der Waals surface area contributed by atoms with Crippen LogP contribution in [-0.2, 0) is 0 Å². The Morgan fingerprint density at radius 2 is 1.75 bits per heavy atom. The average molecular weight is 290 g/mol. The number of halogens is 1. The van der Waals surface area contributed by atoms with Gasteiger partial charge in [0, 0.05) is 26.3 Å².